The number of fused-ring (bicyclic) bond motifs is 1. The molecule has 228 valence electrons. The molecule has 16 heteroatoms. The Bertz CT molecular complexity index is 1440. The Kier molecular flexibility index (Phi) is 9.92. The maximum Gasteiger partial charge on any atom is 0.406 e. The zero-order valence-electron chi connectivity index (χ0n) is 23.9. The average molecular weight is 606 g/mol. The molecule has 6 atom stereocenters. The Balaban J connectivity index is 1.56. The topological polar surface area (TPSA) is 195 Å². The van der Waals surface area contributed by atoms with E-state index in [1.165, 1.54) is 13.3 Å². The number of nitrogens with two attached hydrogens (primary N) is 1. The van der Waals surface area contributed by atoms with Crippen LogP contribution in [0.3, 0.4) is 0 Å². The van der Waals surface area contributed by atoms with Gasteiger partial charge in [0.2, 0.25) is 11.8 Å². The summed E-state index contributed by atoms with van der Waals surface area (Å²) in [5, 5.41) is 14.0. The Morgan fingerprint density at radius 2 is 2.10 bits per heavy atom. The van der Waals surface area contributed by atoms with Gasteiger partial charge in [-0.25, -0.2) is 14.6 Å². The van der Waals surface area contributed by atoms with Gasteiger partial charge in [-0.1, -0.05) is 30.3 Å². The molecule has 1 aliphatic rings. The van der Waals surface area contributed by atoms with Gasteiger partial charge in [0.1, 0.15) is 24.4 Å². The van der Waals surface area contributed by atoms with Crippen LogP contribution >= 0.6 is 7.75 Å². The molecule has 2 unspecified atom stereocenters. The standard InChI is InChI=1S/C26H36N7O8P/c1-6-37-23-20-22(31-25(27)32-23)33(15-29-20)24-26(4,28-5)21(35)19(40-24)14-39-42(36,30-12-13-38-17(3)34)41-16(2)18-10-8-7-9-11-18/h7-11,15-16,19,21,24,35H,5-6,12-14H2,1-4H3,(H,30,36)(H2,27,31,32)/t16?,19-,21-,24-,26-,42?/m1/s1. The normalized spacial score (nSPS) is 24.3. The van der Waals surface area contributed by atoms with Crippen molar-refractivity contribution in [3.05, 3.63) is 42.2 Å². The van der Waals surface area contributed by atoms with Crippen LogP contribution in [0.15, 0.2) is 41.7 Å². The fourth-order valence-corrected chi connectivity index (χ4v) is 5.99. The maximum atomic E-state index is 13.8. The third-order valence-corrected chi connectivity index (χ3v) is 8.42. The fraction of sp³-hybridized carbons (Fsp3) is 0.500. The van der Waals surface area contributed by atoms with Gasteiger partial charge in [-0.15, -0.1) is 0 Å². The highest BCUT2D eigenvalue weighted by Gasteiger charge is 2.55. The zero-order valence-corrected chi connectivity index (χ0v) is 24.8. The first-order valence-corrected chi connectivity index (χ1v) is 14.9. The van der Waals surface area contributed by atoms with E-state index in [4.69, 9.17) is 29.0 Å². The number of rotatable bonds is 14. The summed E-state index contributed by atoms with van der Waals surface area (Å²) >= 11 is 0. The quantitative estimate of drug-likeness (QED) is 0.105. The maximum absolute atomic E-state index is 13.8. The van der Waals surface area contributed by atoms with Crippen molar-refractivity contribution in [3.63, 3.8) is 0 Å². The number of hydrogen-bond acceptors (Lipinski definition) is 13. The number of carbonyl (C=O) groups excluding carboxylic acids is 1. The van der Waals surface area contributed by atoms with Crippen LogP contribution in [0.4, 0.5) is 5.95 Å². The van der Waals surface area contributed by atoms with Crippen molar-refractivity contribution in [2.24, 2.45) is 4.99 Å². The third kappa shape index (κ3) is 6.77. The van der Waals surface area contributed by atoms with E-state index in [2.05, 4.69) is 31.7 Å². The highest BCUT2D eigenvalue weighted by Crippen LogP contribution is 2.50. The first-order valence-electron chi connectivity index (χ1n) is 13.3. The molecule has 4 N–H and O–H groups in total. The lowest BCUT2D eigenvalue weighted by Gasteiger charge is -2.28. The molecule has 1 fully saturated rings. The van der Waals surface area contributed by atoms with Crippen molar-refractivity contribution in [2.75, 3.05) is 32.1 Å². The van der Waals surface area contributed by atoms with Crippen LogP contribution in [0.2, 0.25) is 0 Å². The van der Waals surface area contributed by atoms with Crippen LogP contribution in [0.25, 0.3) is 11.2 Å². The van der Waals surface area contributed by atoms with Crippen LogP contribution < -0.4 is 15.6 Å². The summed E-state index contributed by atoms with van der Waals surface area (Å²) in [5.74, 6) is -0.316. The first-order chi connectivity index (χ1) is 20.0. The summed E-state index contributed by atoms with van der Waals surface area (Å²) in [4.78, 5) is 28.1. The van der Waals surface area contributed by atoms with E-state index >= 15 is 0 Å². The molecule has 2 aromatic heterocycles. The van der Waals surface area contributed by atoms with Gasteiger partial charge >= 0.3 is 13.7 Å². The summed E-state index contributed by atoms with van der Waals surface area (Å²) in [6, 6.07) is 9.16. The number of anilines is 1. The molecule has 42 heavy (non-hydrogen) atoms. The second-order valence-electron chi connectivity index (χ2n) is 9.70. The number of nitrogens with zero attached hydrogens (tertiary/aromatic N) is 5. The van der Waals surface area contributed by atoms with Gasteiger partial charge < -0.3 is 25.1 Å². The summed E-state index contributed by atoms with van der Waals surface area (Å²) in [5.41, 5.74) is 6.04. The highest BCUT2D eigenvalue weighted by molar-refractivity contribution is 7.51. The molecule has 1 saturated heterocycles. The van der Waals surface area contributed by atoms with Gasteiger partial charge in [0.05, 0.1) is 25.6 Å². The Morgan fingerprint density at radius 3 is 2.76 bits per heavy atom. The van der Waals surface area contributed by atoms with E-state index in [0.29, 0.717) is 17.8 Å². The largest absolute Gasteiger partial charge is 0.476 e. The Morgan fingerprint density at radius 1 is 1.36 bits per heavy atom. The average Bonchev–Trinajstić information content (AvgIpc) is 3.49. The number of imidazole rings is 1. The Labute approximate surface area is 243 Å². The minimum absolute atomic E-state index is 0.00862. The SMILES string of the molecule is C=N[C@]1(C)[C@H](O)[C@@H](COP(=O)(NCCOC(C)=O)OC(C)c2ccccc2)O[C@H]1n1cnc2c(OCC)nc(N)nc21. The fourth-order valence-electron chi connectivity index (χ4n) is 4.52. The number of ether oxygens (including phenoxy) is 3. The van der Waals surface area contributed by atoms with E-state index in [-0.39, 0.29) is 31.6 Å². The number of benzene rings is 1. The molecule has 4 rings (SSSR count). The number of aromatic nitrogens is 4. The summed E-state index contributed by atoms with van der Waals surface area (Å²) < 4.78 is 43.7. The second kappa shape index (κ2) is 13.2. The van der Waals surface area contributed by atoms with Gasteiger partial charge in [0.25, 0.3) is 0 Å². The number of nitrogen functional groups attached to an aromatic ring is 1. The van der Waals surface area contributed by atoms with Gasteiger partial charge in [-0.3, -0.25) is 23.4 Å². The molecule has 0 radical (unpaired) electrons. The zero-order chi connectivity index (χ0) is 30.5. The van der Waals surface area contributed by atoms with Crippen molar-refractivity contribution in [2.45, 2.75) is 57.8 Å². The van der Waals surface area contributed by atoms with E-state index < -0.39 is 43.8 Å². The molecule has 3 heterocycles. The number of carbonyl (C=O) groups is 1. The van der Waals surface area contributed by atoms with Gasteiger partial charge in [-0.05, 0) is 33.1 Å². The van der Waals surface area contributed by atoms with Crippen LogP contribution in [0.1, 0.15) is 45.6 Å². The number of hydrogen-bond donors (Lipinski definition) is 3. The molecule has 3 aromatic rings. The summed E-state index contributed by atoms with van der Waals surface area (Å²) in [6.45, 7) is 10.0. The lowest BCUT2D eigenvalue weighted by atomic mass is 9.93. The van der Waals surface area contributed by atoms with Crippen LogP contribution in [-0.4, -0.2) is 81.4 Å². The van der Waals surface area contributed by atoms with Crippen LogP contribution in [-0.2, 0) is 27.9 Å². The summed E-state index contributed by atoms with van der Waals surface area (Å²) in [6.07, 6.45) is -2.38. The number of aliphatic imine (C=N–C) groups is 1. The third-order valence-electron chi connectivity index (χ3n) is 6.72. The monoisotopic (exact) mass is 605 g/mol. The molecule has 0 bridgehead atoms. The van der Waals surface area contributed by atoms with E-state index in [0.717, 1.165) is 5.56 Å². The molecule has 0 aliphatic carbocycles. The second-order valence-corrected chi connectivity index (χ2v) is 11.5. The number of esters is 1. The lowest BCUT2D eigenvalue weighted by molar-refractivity contribution is -0.140. The molecule has 1 aromatic carbocycles. The predicted octanol–water partition coefficient (Wildman–Crippen LogP) is 2.58. The van der Waals surface area contributed by atoms with Crippen molar-refractivity contribution in [1.82, 2.24) is 24.6 Å². The van der Waals surface area contributed by atoms with E-state index in [1.54, 1.807) is 25.3 Å². The van der Waals surface area contributed by atoms with Crippen molar-refractivity contribution < 1.29 is 37.7 Å². The smallest absolute Gasteiger partial charge is 0.406 e. The number of aliphatic hydroxyl groups excluding tert-OH is 1. The highest BCUT2D eigenvalue weighted by atomic mass is 31.2. The Hall–Kier alpha value is -3.46. The molecule has 0 saturated carbocycles. The van der Waals surface area contributed by atoms with Gasteiger partial charge in [0, 0.05) is 13.5 Å². The molecule has 0 spiro atoms. The van der Waals surface area contributed by atoms with Gasteiger partial charge in [0.15, 0.2) is 17.4 Å². The molecule has 15 nitrogen and oxygen atoms in total. The molecular weight excluding hydrogens is 569 g/mol. The van der Waals surface area contributed by atoms with Crippen molar-refractivity contribution >= 4 is 37.5 Å². The lowest BCUT2D eigenvalue weighted by Crippen LogP contribution is -2.43. The van der Waals surface area contributed by atoms with E-state index in [9.17, 15) is 14.5 Å². The predicted molar refractivity (Wildman–Crippen MR) is 153 cm³/mol. The van der Waals surface area contributed by atoms with Gasteiger partial charge in [-0.2, -0.15) is 9.97 Å². The number of aliphatic hydroxyl groups is 1. The minimum Gasteiger partial charge on any atom is -0.476 e. The van der Waals surface area contributed by atoms with Crippen molar-refractivity contribution in [3.8, 4) is 5.88 Å². The summed E-state index contributed by atoms with van der Waals surface area (Å²) in [7, 11) is -4.02. The minimum atomic E-state index is -4.02. The van der Waals surface area contributed by atoms with Crippen LogP contribution in [0.5, 0.6) is 5.88 Å². The van der Waals surface area contributed by atoms with E-state index in [1.807, 2.05) is 30.3 Å². The molecule has 1 aliphatic heterocycles. The van der Waals surface area contributed by atoms with Crippen LogP contribution in [0, 0.1) is 0 Å². The number of nitrogens with one attached hydrogen (secondary N) is 1. The molecule has 0 amide bonds. The molecular formula is C26H36N7O8P. The van der Waals surface area contributed by atoms with Crippen molar-refractivity contribution in [1.29, 1.82) is 0 Å². The first kappa shape index (κ1) is 31.5.